The van der Waals surface area contributed by atoms with Crippen molar-refractivity contribution >= 4 is 15.9 Å². The molecule has 4 heteroatoms. The van der Waals surface area contributed by atoms with Crippen LogP contribution in [-0.4, -0.2) is 15.6 Å². The summed E-state index contributed by atoms with van der Waals surface area (Å²) in [6.07, 6.45) is 6.49. The Kier molecular flexibility index (Phi) is 3.97. The predicted octanol–water partition coefficient (Wildman–Crippen LogP) is 2.97. The van der Waals surface area contributed by atoms with Gasteiger partial charge in [-0.1, -0.05) is 35.0 Å². The second kappa shape index (κ2) is 5.47. The summed E-state index contributed by atoms with van der Waals surface area (Å²) < 4.78 is 3.14. The van der Waals surface area contributed by atoms with E-state index in [2.05, 4.69) is 44.5 Å². The van der Waals surface area contributed by atoms with Crippen molar-refractivity contribution in [2.45, 2.75) is 25.4 Å². The Labute approximate surface area is 110 Å². The van der Waals surface area contributed by atoms with E-state index in [1.165, 1.54) is 5.56 Å². The van der Waals surface area contributed by atoms with Crippen molar-refractivity contribution < 1.29 is 0 Å². The van der Waals surface area contributed by atoms with Gasteiger partial charge < -0.3 is 10.3 Å². The van der Waals surface area contributed by atoms with Crippen molar-refractivity contribution in [3.05, 3.63) is 53.0 Å². The fraction of sp³-hybridized carbons (Fsp3) is 0.308. The molecule has 0 aliphatic heterocycles. The summed E-state index contributed by atoms with van der Waals surface area (Å²) in [5.41, 5.74) is 7.43. The Morgan fingerprint density at radius 1 is 1.47 bits per heavy atom. The molecule has 0 radical (unpaired) electrons. The van der Waals surface area contributed by atoms with Gasteiger partial charge in [-0.15, -0.1) is 0 Å². The van der Waals surface area contributed by atoms with Gasteiger partial charge in [0.2, 0.25) is 0 Å². The van der Waals surface area contributed by atoms with Gasteiger partial charge in [0, 0.05) is 22.9 Å². The molecule has 2 aromatic rings. The van der Waals surface area contributed by atoms with Crippen LogP contribution in [0.5, 0.6) is 0 Å². The lowest BCUT2D eigenvalue weighted by Gasteiger charge is -2.24. The van der Waals surface area contributed by atoms with Gasteiger partial charge in [-0.05, 0) is 24.1 Å². The maximum Gasteiger partial charge on any atom is 0.0952 e. The summed E-state index contributed by atoms with van der Waals surface area (Å²) in [5, 5.41) is 0. The Bertz CT molecular complexity index is 467. The minimum Gasteiger partial charge on any atom is -0.328 e. The average molecular weight is 294 g/mol. The minimum absolute atomic E-state index is 0.0819. The summed E-state index contributed by atoms with van der Waals surface area (Å²) in [4.78, 5) is 4.10. The van der Waals surface area contributed by atoms with Gasteiger partial charge in [0.25, 0.3) is 0 Å². The Balaban J connectivity index is 2.40. The topological polar surface area (TPSA) is 43.8 Å². The monoisotopic (exact) mass is 293 g/mol. The Hall–Kier alpha value is -1.13. The molecule has 1 heterocycles. The van der Waals surface area contributed by atoms with E-state index in [0.717, 1.165) is 10.9 Å². The van der Waals surface area contributed by atoms with Crippen LogP contribution in [0.15, 0.2) is 47.5 Å². The van der Waals surface area contributed by atoms with Crippen LogP contribution in [0.1, 0.15) is 24.9 Å². The second-order valence-corrected chi connectivity index (χ2v) is 5.00. The van der Waals surface area contributed by atoms with Crippen molar-refractivity contribution in [3.8, 4) is 0 Å². The molecule has 2 unspecified atom stereocenters. The van der Waals surface area contributed by atoms with Gasteiger partial charge in [0.15, 0.2) is 0 Å². The lowest BCUT2D eigenvalue weighted by molar-refractivity contribution is 0.458. The molecule has 0 saturated carbocycles. The van der Waals surface area contributed by atoms with E-state index in [1.54, 1.807) is 6.20 Å². The van der Waals surface area contributed by atoms with Gasteiger partial charge in [0.1, 0.15) is 0 Å². The van der Waals surface area contributed by atoms with Crippen LogP contribution in [0.25, 0.3) is 0 Å². The molecule has 3 nitrogen and oxygen atoms in total. The molecular weight excluding hydrogens is 278 g/mol. The van der Waals surface area contributed by atoms with Crippen molar-refractivity contribution in [2.24, 2.45) is 5.73 Å². The molecule has 0 amide bonds. The number of hydrogen-bond donors (Lipinski definition) is 1. The number of benzene rings is 1. The van der Waals surface area contributed by atoms with E-state index >= 15 is 0 Å². The summed E-state index contributed by atoms with van der Waals surface area (Å²) in [7, 11) is 0. The van der Waals surface area contributed by atoms with E-state index in [1.807, 2.05) is 24.7 Å². The van der Waals surface area contributed by atoms with Gasteiger partial charge in [-0.3, -0.25) is 0 Å². The highest BCUT2D eigenvalue weighted by Crippen LogP contribution is 2.25. The number of halogens is 1. The van der Waals surface area contributed by atoms with Gasteiger partial charge in [-0.2, -0.15) is 0 Å². The zero-order chi connectivity index (χ0) is 12.3. The fourth-order valence-electron chi connectivity index (χ4n) is 1.99. The third kappa shape index (κ3) is 2.76. The number of nitrogens with zero attached hydrogens (tertiary/aromatic N) is 2. The van der Waals surface area contributed by atoms with Crippen LogP contribution in [-0.2, 0) is 0 Å². The maximum atomic E-state index is 6.23. The zero-order valence-corrected chi connectivity index (χ0v) is 11.3. The van der Waals surface area contributed by atoms with E-state index < -0.39 is 0 Å². The molecule has 2 N–H and O–H groups in total. The third-order valence-electron chi connectivity index (χ3n) is 2.91. The maximum absolute atomic E-state index is 6.23. The molecule has 2 atom stereocenters. The highest BCUT2D eigenvalue weighted by atomic mass is 79.9. The van der Waals surface area contributed by atoms with Crippen LogP contribution in [0.3, 0.4) is 0 Å². The van der Waals surface area contributed by atoms with Crippen LogP contribution in [0.2, 0.25) is 0 Å². The third-order valence-corrected chi connectivity index (χ3v) is 3.41. The molecule has 1 aromatic heterocycles. The lowest BCUT2D eigenvalue weighted by Crippen LogP contribution is -2.32. The Morgan fingerprint density at radius 2 is 2.29 bits per heavy atom. The highest BCUT2D eigenvalue weighted by molar-refractivity contribution is 9.10. The predicted molar refractivity (Wildman–Crippen MR) is 72.8 cm³/mol. The standard InChI is InChI=1S/C13H16BrN3/c1-2-12(15)13(17-7-6-16-9-17)10-4-3-5-11(14)8-10/h3-9,12-13H,2,15H2,1H3. The molecule has 0 fully saturated rings. The van der Waals surface area contributed by atoms with Crippen molar-refractivity contribution in [3.63, 3.8) is 0 Å². The van der Waals surface area contributed by atoms with Crippen LogP contribution < -0.4 is 5.73 Å². The highest BCUT2D eigenvalue weighted by Gasteiger charge is 2.19. The van der Waals surface area contributed by atoms with Crippen molar-refractivity contribution in [2.75, 3.05) is 0 Å². The van der Waals surface area contributed by atoms with Gasteiger partial charge >= 0.3 is 0 Å². The smallest absolute Gasteiger partial charge is 0.0952 e. The second-order valence-electron chi connectivity index (χ2n) is 4.08. The molecule has 90 valence electrons. The molecular formula is C13H16BrN3. The van der Waals surface area contributed by atoms with Crippen molar-refractivity contribution in [1.29, 1.82) is 0 Å². The quantitative estimate of drug-likeness (QED) is 0.942. The van der Waals surface area contributed by atoms with Crippen molar-refractivity contribution in [1.82, 2.24) is 9.55 Å². The molecule has 2 rings (SSSR count). The van der Waals surface area contributed by atoms with Gasteiger partial charge in [0.05, 0.1) is 12.4 Å². The van der Waals surface area contributed by atoms with E-state index in [9.17, 15) is 0 Å². The SMILES string of the molecule is CCC(N)C(c1cccc(Br)c1)n1ccnc1. The minimum atomic E-state index is 0.0819. The summed E-state index contributed by atoms with van der Waals surface area (Å²) >= 11 is 3.50. The molecule has 0 aliphatic carbocycles. The van der Waals surface area contributed by atoms with E-state index in [-0.39, 0.29) is 12.1 Å². The summed E-state index contributed by atoms with van der Waals surface area (Å²) in [6, 6.07) is 8.49. The molecule has 0 bridgehead atoms. The average Bonchev–Trinajstić information content (AvgIpc) is 2.83. The lowest BCUT2D eigenvalue weighted by atomic mass is 9.98. The summed E-state index contributed by atoms with van der Waals surface area (Å²) in [5.74, 6) is 0. The largest absolute Gasteiger partial charge is 0.328 e. The van der Waals surface area contributed by atoms with Gasteiger partial charge in [-0.25, -0.2) is 4.98 Å². The number of aromatic nitrogens is 2. The molecule has 0 spiro atoms. The molecule has 0 saturated heterocycles. The van der Waals surface area contributed by atoms with Crippen LogP contribution in [0.4, 0.5) is 0 Å². The number of nitrogens with two attached hydrogens (primary N) is 1. The first-order valence-corrected chi connectivity index (χ1v) is 6.50. The summed E-state index contributed by atoms with van der Waals surface area (Å²) in [6.45, 7) is 2.10. The molecule has 17 heavy (non-hydrogen) atoms. The molecule has 1 aromatic carbocycles. The first-order valence-electron chi connectivity index (χ1n) is 5.71. The zero-order valence-electron chi connectivity index (χ0n) is 9.75. The molecule has 0 aliphatic rings. The number of hydrogen-bond acceptors (Lipinski definition) is 2. The first kappa shape index (κ1) is 12.3. The normalized spacial score (nSPS) is 14.5. The van der Waals surface area contributed by atoms with Crippen LogP contribution in [0, 0.1) is 0 Å². The Morgan fingerprint density at radius 3 is 2.88 bits per heavy atom. The van der Waals surface area contributed by atoms with E-state index in [0.29, 0.717) is 0 Å². The number of imidazole rings is 1. The van der Waals surface area contributed by atoms with Crippen LogP contribution >= 0.6 is 15.9 Å². The van der Waals surface area contributed by atoms with E-state index in [4.69, 9.17) is 5.73 Å². The fourth-order valence-corrected chi connectivity index (χ4v) is 2.41. The number of rotatable bonds is 4. The first-order chi connectivity index (χ1) is 8.22.